The lowest BCUT2D eigenvalue weighted by atomic mass is 9.99. The Balaban J connectivity index is 1.36. The number of aromatic nitrogens is 1. The van der Waals surface area contributed by atoms with Crippen LogP contribution in [0, 0.1) is 17.5 Å². The van der Waals surface area contributed by atoms with Crippen LogP contribution in [0.2, 0.25) is 0 Å². The van der Waals surface area contributed by atoms with E-state index in [1.807, 2.05) is 47.2 Å². The molecule has 0 unspecified atom stereocenters. The molecule has 8 heteroatoms. The zero-order chi connectivity index (χ0) is 31.7. The molecule has 0 saturated heterocycles. The first-order chi connectivity index (χ1) is 21.7. The fourth-order valence-corrected chi connectivity index (χ4v) is 5.41. The minimum absolute atomic E-state index is 0.141. The standard InChI is InChI=1S/C37H27F3N2O3/c1-22(24-6-8-27(9-7-24)37(44)45)41-36(43)32-19-30(28-12-15-33(39)34(40)20-28)18-29-16-17-42(35(29)32)21-23-2-4-25(5-3-23)26-10-13-31(38)14-11-26/h2-20,22H,21H2,1H3,(H,41,43)(H,44,45)/t22-/m0/s1. The molecule has 5 aromatic carbocycles. The molecule has 0 aliphatic heterocycles. The number of carbonyl (C=O) groups is 2. The number of carbonyl (C=O) groups excluding carboxylic acids is 1. The number of hydrogen-bond acceptors (Lipinski definition) is 2. The SMILES string of the molecule is C[C@H](NC(=O)c1cc(-c2ccc(F)c(F)c2)cc2ccn(Cc3ccc(-c4ccc(F)cc4)cc3)c12)c1ccc(C(=O)O)cc1. The van der Waals surface area contributed by atoms with Gasteiger partial charge >= 0.3 is 5.97 Å². The van der Waals surface area contributed by atoms with Crippen LogP contribution in [-0.2, 0) is 6.54 Å². The highest BCUT2D eigenvalue weighted by molar-refractivity contribution is 6.08. The zero-order valence-corrected chi connectivity index (χ0v) is 24.1. The van der Waals surface area contributed by atoms with Crippen LogP contribution in [0.5, 0.6) is 0 Å². The first kappa shape index (κ1) is 29.4. The van der Waals surface area contributed by atoms with E-state index in [1.54, 1.807) is 37.3 Å². The lowest BCUT2D eigenvalue weighted by Crippen LogP contribution is -2.27. The summed E-state index contributed by atoms with van der Waals surface area (Å²) in [5, 5.41) is 13.0. The van der Waals surface area contributed by atoms with Gasteiger partial charge in [-0.3, -0.25) is 4.79 Å². The lowest BCUT2D eigenvalue weighted by Gasteiger charge is -2.17. The maximum atomic E-state index is 14.2. The smallest absolute Gasteiger partial charge is 0.335 e. The number of halogens is 3. The summed E-state index contributed by atoms with van der Waals surface area (Å²) in [6, 6.07) is 29.0. The highest BCUT2D eigenvalue weighted by atomic mass is 19.2. The molecule has 0 aliphatic carbocycles. The largest absolute Gasteiger partial charge is 0.478 e. The second-order valence-corrected chi connectivity index (χ2v) is 10.9. The Labute approximate surface area is 257 Å². The molecule has 0 spiro atoms. The van der Waals surface area contributed by atoms with Crippen LogP contribution in [0.1, 0.15) is 44.8 Å². The van der Waals surface area contributed by atoms with Crippen molar-refractivity contribution in [2.24, 2.45) is 0 Å². The molecule has 0 aliphatic rings. The van der Waals surface area contributed by atoms with Crippen molar-refractivity contribution in [2.75, 3.05) is 0 Å². The van der Waals surface area contributed by atoms with Crippen LogP contribution in [0.15, 0.2) is 115 Å². The van der Waals surface area contributed by atoms with Crippen molar-refractivity contribution in [3.8, 4) is 22.3 Å². The molecule has 6 rings (SSSR count). The highest BCUT2D eigenvalue weighted by Gasteiger charge is 2.20. The van der Waals surface area contributed by atoms with E-state index >= 15 is 0 Å². The summed E-state index contributed by atoms with van der Waals surface area (Å²) >= 11 is 0. The molecule has 0 radical (unpaired) electrons. The molecule has 6 aromatic rings. The van der Waals surface area contributed by atoms with Crippen LogP contribution in [0.25, 0.3) is 33.2 Å². The third-order valence-corrected chi connectivity index (χ3v) is 7.85. The molecule has 1 amide bonds. The summed E-state index contributed by atoms with van der Waals surface area (Å²) in [5.74, 6) is -3.67. The van der Waals surface area contributed by atoms with Crippen LogP contribution in [0.3, 0.4) is 0 Å². The molecule has 5 nitrogen and oxygen atoms in total. The quantitative estimate of drug-likeness (QED) is 0.183. The number of aromatic carboxylic acids is 1. The van der Waals surface area contributed by atoms with Crippen LogP contribution < -0.4 is 5.32 Å². The maximum Gasteiger partial charge on any atom is 0.335 e. The van der Waals surface area contributed by atoms with Gasteiger partial charge in [0.25, 0.3) is 5.91 Å². The number of nitrogens with zero attached hydrogens (tertiary/aromatic N) is 1. The van der Waals surface area contributed by atoms with E-state index in [9.17, 15) is 27.9 Å². The normalized spacial score (nSPS) is 11.8. The Hall–Kier alpha value is -5.63. The van der Waals surface area contributed by atoms with Crippen molar-refractivity contribution >= 4 is 22.8 Å². The van der Waals surface area contributed by atoms with Gasteiger partial charge in [0.1, 0.15) is 5.82 Å². The van der Waals surface area contributed by atoms with Gasteiger partial charge in [0, 0.05) is 18.1 Å². The zero-order valence-electron chi connectivity index (χ0n) is 24.1. The van der Waals surface area contributed by atoms with Crippen molar-refractivity contribution in [3.05, 3.63) is 155 Å². The van der Waals surface area contributed by atoms with E-state index in [4.69, 9.17) is 0 Å². The number of carboxylic acids is 1. The van der Waals surface area contributed by atoms with Gasteiger partial charge in [-0.25, -0.2) is 18.0 Å². The third kappa shape index (κ3) is 6.21. The minimum Gasteiger partial charge on any atom is -0.478 e. The van der Waals surface area contributed by atoms with Crippen molar-refractivity contribution in [1.82, 2.24) is 9.88 Å². The molecule has 0 bridgehead atoms. The highest BCUT2D eigenvalue weighted by Crippen LogP contribution is 2.31. The molecule has 0 fully saturated rings. The van der Waals surface area contributed by atoms with Gasteiger partial charge < -0.3 is 15.0 Å². The molecule has 224 valence electrons. The van der Waals surface area contributed by atoms with E-state index < -0.39 is 23.6 Å². The molecular weight excluding hydrogens is 577 g/mol. The van der Waals surface area contributed by atoms with E-state index in [1.165, 1.54) is 30.3 Å². The molecule has 2 N–H and O–H groups in total. The van der Waals surface area contributed by atoms with Gasteiger partial charge in [-0.05, 0) is 94.9 Å². The van der Waals surface area contributed by atoms with E-state index in [0.717, 1.165) is 39.8 Å². The monoisotopic (exact) mass is 604 g/mol. The van der Waals surface area contributed by atoms with Gasteiger partial charge in [0.15, 0.2) is 11.6 Å². The number of benzene rings is 5. The van der Waals surface area contributed by atoms with Gasteiger partial charge in [-0.1, -0.05) is 54.6 Å². The van der Waals surface area contributed by atoms with Gasteiger partial charge in [-0.15, -0.1) is 0 Å². The average molecular weight is 605 g/mol. The van der Waals surface area contributed by atoms with Crippen molar-refractivity contribution in [2.45, 2.75) is 19.5 Å². The number of amides is 1. The summed E-state index contributed by atoms with van der Waals surface area (Å²) in [6.45, 7) is 2.25. The number of hydrogen-bond donors (Lipinski definition) is 2. The van der Waals surface area contributed by atoms with Crippen molar-refractivity contribution in [3.63, 3.8) is 0 Å². The van der Waals surface area contributed by atoms with Crippen LogP contribution in [-0.4, -0.2) is 21.6 Å². The van der Waals surface area contributed by atoms with Gasteiger partial charge in [0.2, 0.25) is 0 Å². The van der Waals surface area contributed by atoms with E-state index in [0.29, 0.717) is 28.8 Å². The number of rotatable bonds is 8. The van der Waals surface area contributed by atoms with Crippen molar-refractivity contribution in [1.29, 1.82) is 0 Å². The van der Waals surface area contributed by atoms with Crippen LogP contribution in [0.4, 0.5) is 13.2 Å². The fraction of sp³-hybridized carbons (Fsp3) is 0.0811. The predicted octanol–water partition coefficient (Wildman–Crippen LogP) is 8.63. The Bertz CT molecular complexity index is 2030. The predicted molar refractivity (Wildman–Crippen MR) is 168 cm³/mol. The molecule has 1 aromatic heterocycles. The van der Waals surface area contributed by atoms with Crippen LogP contribution >= 0.6 is 0 Å². The van der Waals surface area contributed by atoms with Crippen molar-refractivity contribution < 1.29 is 27.9 Å². The molecule has 1 heterocycles. The summed E-state index contributed by atoms with van der Waals surface area (Å²) in [7, 11) is 0. The summed E-state index contributed by atoms with van der Waals surface area (Å²) in [5.41, 5.74) is 5.64. The second kappa shape index (κ2) is 12.2. The fourth-order valence-electron chi connectivity index (χ4n) is 5.41. The minimum atomic E-state index is -1.04. The Morgan fingerprint density at radius 2 is 1.38 bits per heavy atom. The summed E-state index contributed by atoms with van der Waals surface area (Å²) in [6.07, 6.45) is 1.87. The Morgan fingerprint density at radius 1 is 0.733 bits per heavy atom. The molecule has 1 atom stereocenters. The van der Waals surface area contributed by atoms with Gasteiger partial charge in [-0.2, -0.15) is 0 Å². The molecule has 45 heavy (non-hydrogen) atoms. The number of nitrogens with one attached hydrogen (secondary N) is 1. The third-order valence-electron chi connectivity index (χ3n) is 7.85. The summed E-state index contributed by atoms with van der Waals surface area (Å²) < 4.78 is 43.2. The topological polar surface area (TPSA) is 71.3 Å². The Morgan fingerprint density at radius 3 is 2.02 bits per heavy atom. The Kier molecular flexibility index (Phi) is 7.96. The maximum absolute atomic E-state index is 14.2. The summed E-state index contributed by atoms with van der Waals surface area (Å²) in [4.78, 5) is 25.1. The van der Waals surface area contributed by atoms with E-state index in [-0.39, 0.29) is 17.3 Å². The lowest BCUT2D eigenvalue weighted by molar-refractivity contribution is 0.0696. The number of fused-ring (bicyclic) bond motifs is 1. The number of carboxylic acid groups (broad SMARTS) is 1. The van der Waals surface area contributed by atoms with Gasteiger partial charge in [0.05, 0.1) is 22.7 Å². The first-order valence-corrected chi connectivity index (χ1v) is 14.2. The molecular formula is C37H27F3N2O3. The average Bonchev–Trinajstić information content (AvgIpc) is 3.45. The molecule has 0 saturated carbocycles. The first-order valence-electron chi connectivity index (χ1n) is 14.2. The second-order valence-electron chi connectivity index (χ2n) is 10.9. The van der Waals surface area contributed by atoms with E-state index in [2.05, 4.69) is 5.32 Å².